The number of ether oxygens (including phenoxy) is 1. The molecule has 0 atom stereocenters. The molecule has 0 bridgehead atoms. The Bertz CT molecular complexity index is 698. The molecule has 0 spiro atoms. The van der Waals surface area contributed by atoms with Crippen LogP contribution in [0.3, 0.4) is 0 Å². The summed E-state index contributed by atoms with van der Waals surface area (Å²) in [5.41, 5.74) is 2.04. The molecular weight excluding hydrogens is 331 g/mol. The highest BCUT2D eigenvalue weighted by atomic mass is 19.1. The Kier molecular flexibility index (Phi) is 6.23. The average molecular weight is 356 g/mol. The first kappa shape index (κ1) is 18.4. The number of nitrogens with one attached hydrogen (secondary N) is 2. The van der Waals surface area contributed by atoms with Gasteiger partial charge in [-0.1, -0.05) is 42.5 Å². The summed E-state index contributed by atoms with van der Waals surface area (Å²) in [4.78, 5) is 12.2. The Morgan fingerprint density at radius 1 is 1.00 bits per heavy atom. The van der Waals surface area contributed by atoms with Crippen molar-refractivity contribution in [3.05, 3.63) is 71.5 Å². The molecule has 0 unspecified atom stereocenters. The van der Waals surface area contributed by atoms with E-state index in [1.54, 1.807) is 0 Å². The minimum Gasteiger partial charge on any atom is -0.381 e. The van der Waals surface area contributed by atoms with Crippen molar-refractivity contribution < 1.29 is 13.9 Å². The van der Waals surface area contributed by atoms with Crippen molar-refractivity contribution in [1.29, 1.82) is 0 Å². The molecule has 138 valence electrons. The summed E-state index contributed by atoms with van der Waals surface area (Å²) >= 11 is 0. The lowest BCUT2D eigenvalue weighted by atomic mass is 9.74. The number of rotatable bonds is 6. The lowest BCUT2D eigenvalue weighted by molar-refractivity contribution is 0.0506. The zero-order valence-corrected chi connectivity index (χ0v) is 14.8. The van der Waals surface area contributed by atoms with Crippen molar-refractivity contribution in [3.8, 4) is 0 Å². The molecule has 5 heteroatoms. The molecule has 3 rings (SSSR count). The first-order chi connectivity index (χ1) is 12.7. The van der Waals surface area contributed by atoms with Crippen LogP contribution in [-0.2, 0) is 16.6 Å². The molecule has 0 radical (unpaired) electrons. The largest absolute Gasteiger partial charge is 0.381 e. The van der Waals surface area contributed by atoms with Gasteiger partial charge in [-0.05, 0) is 42.5 Å². The van der Waals surface area contributed by atoms with Gasteiger partial charge in [-0.3, -0.25) is 0 Å². The molecule has 0 saturated carbocycles. The summed E-state index contributed by atoms with van der Waals surface area (Å²) in [5.74, 6) is -0.248. The lowest BCUT2D eigenvalue weighted by Crippen LogP contribution is -2.47. The van der Waals surface area contributed by atoms with Crippen LogP contribution in [0.25, 0.3) is 0 Å². The van der Waals surface area contributed by atoms with Crippen molar-refractivity contribution in [1.82, 2.24) is 10.6 Å². The maximum Gasteiger partial charge on any atom is 0.314 e. The Balaban J connectivity index is 1.54. The predicted molar refractivity (Wildman–Crippen MR) is 99.7 cm³/mol. The van der Waals surface area contributed by atoms with Crippen LogP contribution < -0.4 is 10.6 Å². The van der Waals surface area contributed by atoms with Gasteiger partial charge in [0, 0.05) is 31.7 Å². The summed E-state index contributed by atoms with van der Waals surface area (Å²) in [6.07, 6.45) is 2.41. The average Bonchev–Trinajstić information content (AvgIpc) is 2.68. The van der Waals surface area contributed by atoms with E-state index in [9.17, 15) is 9.18 Å². The first-order valence-electron chi connectivity index (χ1n) is 9.07. The third-order valence-electron chi connectivity index (χ3n) is 5.04. The maximum absolute atomic E-state index is 13.3. The predicted octanol–water partition coefficient (Wildman–Crippen LogP) is 3.42. The van der Waals surface area contributed by atoms with Gasteiger partial charge in [0.25, 0.3) is 0 Å². The number of amides is 2. The molecule has 0 aromatic heterocycles. The maximum atomic E-state index is 13.3. The lowest BCUT2D eigenvalue weighted by Gasteiger charge is -2.38. The second-order valence-electron chi connectivity index (χ2n) is 6.74. The zero-order valence-electron chi connectivity index (χ0n) is 14.8. The van der Waals surface area contributed by atoms with Crippen LogP contribution in [0.1, 0.15) is 24.0 Å². The van der Waals surface area contributed by atoms with Gasteiger partial charge in [0.05, 0.1) is 0 Å². The van der Waals surface area contributed by atoms with Crippen LogP contribution in [-0.4, -0.2) is 32.3 Å². The van der Waals surface area contributed by atoms with Crippen molar-refractivity contribution in [2.24, 2.45) is 0 Å². The normalized spacial score (nSPS) is 16.0. The highest BCUT2D eigenvalue weighted by molar-refractivity contribution is 5.74. The number of benzene rings is 2. The molecule has 26 heavy (non-hydrogen) atoms. The summed E-state index contributed by atoms with van der Waals surface area (Å²) in [5, 5.41) is 5.90. The van der Waals surface area contributed by atoms with E-state index < -0.39 is 0 Å². The van der Waals surface area contributed by atoms with Crippen LogP contribution in [0.15, 0.2) is 54.6 Å². The van der Waals surface area contributed by atoms with Crippen molar-refractivity contribution in [2.75, 3.05) is 26.3 Å². The molecule has 2 aromatic carbocycles. The number of carbonyl (C=O) groups is 1. The SMILES string of the molecule is O=C(NCCc1ccccc1)NCC1(c2ccc(F)cc2)CCOCC1. The molecule has 4 nitrogen and oxygen atoms in total. The highest BCUT2D eigenvalue weighted by Crippen LogP contribution is 2.34. The van der Waals surface area contributed by atoms with Crippen LogP contribution >= 0.6 is 0 Å². The number of urea groups is 1. The molecule has 0 aliphatic carbocycles. The molecule has 1 saturated heterocycles. The van der Waals surface area contributed by atoms with Crippen molar-refractivity contribution in [2.45, 2.75) is 24.7 Å². The third kappa shape index (κ3) is 4.82. The van der Waals surface area contributed by atoms with Gasteiger partial charge in [-0.25, -0.2) is 9.18 Å². The number of halogens is 1. The molecular formula is C21H25FN2O2. The third-order valence-corrected chi connectivity index (χ3v) is 5.04. The van der Waals surface area contributed by atoms with Gasteiger partial charge >= 0.3 is 6.03 Å². The summed E-state index contributed by atoms with van der Waals surface area (Å²) < 4.78 is 18.8. The fourth-order valence-corrected chi connectivity index (χ4v) is 3.41. The minimum atomic E-state index is -0.248. The first-order valence-corrected chi connectivity index (χ1v) is 9.07. The topological polar surface area (TPSA) is 50.4 Å². The fourth-order valence-electron chi connectivity index (χ4n) is 3.41. The van der Waals surface area contributed by atoms with Gasteiger partial charge in [0.2, 0.25) is 0 Å². The smallest absolute Gasteiger partial charge is 0.314 e. The minimum absolute atomic E-state index is 0.172. The van der Waals surface area contributed by atoms with E-state index in [0.29, 0.717) is 26.3 Å². The van der Waals surface area contributed by atoms with E-state index in [1.807, 2.05) is 42.5 Å². The van der Waals surface area contributed by atoms with Gasteiger partial charge < -0.3 is 15.4 Å². The van der Waals surface area contributed by atoms with E-state index in [4.69, 9.17) is 4.74 Å². The number of hydrogen-bond donors (Lipinski definition) is 2. The molecule has 2 aromatic rings. The Morgan fingerprint density at radius 2 is 1.69 bits per heavy atom. The van der Waals surface area contributed by atoms with E-state index in [1.165, 1.54) is 17.7 Å². The second kappa shape index (κ2) is 8.81. The highest BCUT2D eigenvalue weighted by Gasteiger charge is 2.34. The zero-order chi connectivity index (χ0) is 18.2. The Labute approximate surface area is 153 Å². The Hall–Kier alpha value is -2.40. The Morgan fingerprint density at radius 3 is 2.38 bits per heavy atom. The fraction of sp³-hybridized carbons (Fsp3) is 0.381. The quantitative estimate of drug-likeness (QED) is 0.833. The van der Waals surface area contributed by atoms with Gasteiger partial charge in [0.1, 0.15) is 5.82 Å². The van der Waals surface area contributed by atoms with E-state index in [2.05, 4.69) is 10.6 Å². The molecule has 2 amide bonds. The van der Waals surface area contributed by atoms with Crippen LogP contribution in [0.4, 0.5) is 9.18 Å². The molecule has 2 N–H and O–H groups in total. The monoisotopic (exact) mass is 356 g/mol. The van der Waals surface area contributed by atoms with E-state index in [-0.39, 0.29) is 17.3 Å². The number of hydrogen-bond acceptors (Lipinski definition) is 2. The molecule has 1 aliphatic rings. The van der Waals surface area contributed by atoms with Gasteiger partial charge in [-0.2, -0.15) is 0 Å². The van der Waals surface area contributed by atoms with E-state index in [0.717, 1.165) is 24.8 Å². The van der Waals surface area contributed by atoms with Crippen molar-refractivity contribution >= 4 is 6.03 Å². The van der Waals surface area contributed by atoms with Gasteiger partial charge in [-0.15, -0.1) is 0 Å². The van der Waals surface area contributed by atoms with E-state index >= 15 is 0 Å². The molecule has 1 fully saturated rings. The summed E-state index contributed by atoms with van der Waals surface area (Å²) in [6.45, 7) is 2.39. The summed E-state index contributed by atoms with van der Waals surface area (Å²) in [6, 6.07) is 16.5. The molecule has 1 aliphatic heterocycles. The van der Waals surface area contributed by atoms with Crippen LogP contribution in [0.2, 0.25) is 0 Å². The van der Waals surface area contributed by atoms with Crippen LogP contribution in [0, 0.1) is 5.82 Å². The second-order valence-corrected chi connectivity index (χ2v) is 6.74. The standard InChI is InChI=1S/C21H25FN2O2/c22-19-8-6-18(7-9-19)21(11-14-26-15-12-21)16-24-20(25)23-13-10-17-4-2-1-3-5-17/h1-9H,10-16H2,(H2,23,24,25). The van der Waals surface area contributed by atoms with Gasteiger partial charge in [0.15, 0.2) is 0 Å². The molecule has 1 heterocycles. The van der Waals surface area contributed by atoms with Crippen molar-refractivity contribution in [3.63, 3.8) is 0 Å². The summed E-state index contributed by atoms with van der Waals surface area (Å²) in [7, 11) is 0. The number of carbonyl (C=O) groups excluding carboxylic acids is 1. The van der Waals surface area contributed by atoms with Crippen LogP contribution in [0.5, 0.6) is 0 Å².